The van der Waals surface area contributed by atoms with Gasteiger partial charge in [0, 0.05) is 6.61 Å². The van der Waals surface area contributed by atoms with Crippen LogP contribution in [0.4, 0.5) is 0 Å². The Bertz CT molecular complexity index is 223. The van der Waals surface area contributed by atoms with Gasteiger partial charge in [-0.1, -0.05) is 20.3 Å². The summed E-state index contributed by atoms with van der Waals surface area (Å²) >= 11 is 0. The van der Waals surface area contributed by atoms with E-state index in [9.17, 15) is 0 Å². The predicted molar refractivity (Wildman–Crippen MR) is 76.7 cm³/mol. The molecule has 2 fully saturated rings. The average molecular weight is 253 g/mol. The molecule has 0 aromatic heterocycles. The highest BCUT2D eigenvalue weighted by Gasteiger charge is 2.29. The van der Waals surface area contributed by atoms with E-state index >= 15 is 0 Å². The molecule has 1 aliphatic carbocycles. The smallest absolute Gasteiger partial charge is 0.0576 e. The highest BCUT2D eigenvalue weighted by atomic mass is 16.5. The molecule has 2 aliphatic rings. The van der Waals surface area contributed by atoms with E-state index in [-0.39, 0.29) is 0 Å². The highest BCUT2D eigenvalue weighted by Crippen LogP contribution is 2.37. The van der Waals surface area contributed by atoms with Crippen LogP contribution in [0.25, 0.3) is 0 Å². The lowest BCUT2D eigenvalue weighted by molar-refractivity contribution is 0.0855. The van der Waals surface area contributed by atoms with E-state index in [4.69, 9.17) is 4.74 Å². The van der Waals surface area contributed by atoms with Crippen molar-refractivity contribution in [2.75, 3.05) is 19.7 Å². The second-order valence-corrected chi connectivity index (χ2v) is 6.46. The summed E-state index contributed by atoms with van der Waals surface area (Å²) in [6.45, 7) is 8.01. The number of ether oxygens (including phenoxy) is 1. The molecule has 1 saturated heterocycles. The molecule has 0 spiro atoms. The molecule has 0 aromatic rings. The summed E-state index contributed by atoms with van der Waals surface area (Å²) in [4.78, 5) is 0. The lowest BCUT2D eigenvalue weighted by atomic mass is 9.72. The van der Waals surface area contributed by atoms with E-state index in [0.29, 0.717) is 6.10 Å². The van der Waals surface area contributed by atoms with Gasteiger partial charge in [0.15, 0.2) is 0 Å². The second kappa shape index (κ2) is 7.49. The minimum atomic E-state index is 0.585. The van der Waals surface area contributed by atoms with Crippen molar-refractivity contribution in [2.24, 2.45) is 17.8 Å². The summed E-state index contributed by atoms with van der Waals surface area (Å²) in [6, 6.07) is 0. The van der Waals surface area contributed by atoms with Crippen LogP contribution in [0.1, 0.15) is 58.8 Å². The van der Waals surface area contributed by atoms with Gasteiger partial charge >= 0.3 is 0 Å². The Hall–Kier alpha value is -0.0800. The number of nitrogens with one attached hydrogen (secondary N) is 1. The van der Waals surface area contributed by atoms with Crippen molar-refractivity contribution in [1.82, 2.24) is 5.32 Å². The Morgan fingerprint density at radius 2 is 2.00 bits per heavy atom. The monoisotopic (exact) mass is 253 g/mol. The molecule has 2 heteroatoms. The lowest BCUT2D eigenvalue weighted by Crippen LogP contribution is -2.33. The third-order valence-corrected chi connectivity index (χ3v) is 4.94. The molecule has 1 N–H and O–H groups in total. The summed E-state index contributed by atoms with van der Waals surface area (Å²) in [5.41, 5.74) is 0. The third-order valence-electron chi connectivity index (χ3n) is 4.94. The van der Waals surface area contributed by atoms with Gasteiger partial charge in [-0.3, -0.25) is 0 Å². The quantitative estimate of drug-likeness (QED) is 0.781. The zero-order chi connectivity index (χ0) is 12.8. The highest BCUT2D eigenvalue weighted by molar-refractivity contribution is 4.81. The van der Waals surface area contributed by atoms with Crippen molar-refractivity contribution in [3.63, 3.8) is 0 Å². The van der Waals surface area contributed by atoms with E-state index < -0.39 is 0 Å². The maximum Gasteiger partial charge on any atom is 0.0576 e. The molecule has 0 bridgehead atoms. The van der Waals surface area contributed by atoms with E-state index in [1.165, 1.54) is 51.5 Å². The second-order valence-electron chi connectivity index (χ2n) is 6.46. The topological polar surface area (TPSA) is 21.3 Å². The first-order chi connectivity index (χ1) is 8.79. The average Bonchev–Trinajstić information content (AvgIpc) is 2.88. The molecule has 1 aliphatic heterocycles. The molecule has 0 amide bonds. The van der Waals surface area contributed by atoms with Crippen LogP contribution < -0.4 is 5.32 Å². The molecular formula is C16H31NO. The largest absolute Gasteiger partial charge is 0.378 e. The van der Waals surface area contributed by atoms with Crippen molar-refractivity contribution in [2.45, 2.75) is 64.9 Å². The Labute approximate surface area is 113 Å². The summed E-state index contributed by atoms with van der Waals surface area (Å²) < 4.78 is 5.77. The first-order valence-electron chi connectivity index (χ1n) is 8.12. The van der Waals surface area contributed by atoms with Gasteiger partial charge in [0.1, 0.15) is 0 Å². The molecule has 2 rings (SSSR count). The van der Waals surface area contributed by atoms with Crippen molar-refractivity contribution in [1.29, 1.82) is 0 Å². The van der Waals surface area contributed by atoms with E-state index in [2.05, 4.69) is 19.2 Å². The Balaban J connectivity index is 1.76. The molecule has 4 unspecified atom stereocenters. The van der Waals surface area contributed by atoms with Gasteiger partial charge in [0.05, 0.1) is 6.10 Å². The van der Waals surface area contributed by atoms with Gasteiger partial charge in [-0.2, -0.15) is 0 Å². The molecule has 2 nitrogen and oxygen atoms in total. The van der Waals surface area contributed by atoms with Gasteiger partial charge in [-0.15, -0.1) is 0 Å². The maximum absolute atomic E-state index is 5.77. The first kappa shape index (κ1) is 14.3. The zero-order valence-corrected chi connectivity index (χ0v) is 12.3. The van der Waals surface area contributed by atoms with Gasteiger partial charge in [0.2, 0.25) is 0 Å². The standard InChI is InChI=1S/C16H31NO/c1-3-17-12-15-7-6-13(2)11-14(15)8-9-16-5-4-10-18-16/h13-17H,3-12H2,1-2H3. The Morgan fingerprint density at radius 1 is 1.11 bits per heavy atom. The van der Waals surface area contributed by atoms with E-state index in [1.54, 1.807) is 0 Å². The summed E-state index contributed by atoms with van der Waals surface area (Å²) in [6.07, 6.45) is 10.2. The van der Waals surface area contributed by atoms with Crippen LogP contribution in [-0.4, -0.2) is 25.8 Å². The molecular weight excluding hydrogens is 222 g/mol. The molecule has 4 atom stereocenters. The van der Waals surface area contributed by atoms with Crippen LogP contribution in [0, 0.1) is 17.8 Å². The molecule has 18 heavy (non-hydrogen) atoms. The van der Waals surface area contributed by atoms with Gasteiger partial charge < -0.3 is 10.1 Å². The van der Waals surface area contributed by atoms with Crippen molar-refractivity contribution >= 4 is 0 Å². The maximum atomic E-state index is 5.77. The van der Waals surface area contributed by atoms with Crippen LogP contribution in [-0.2, 0) is 4.74 Å². The summed E-state index contributed by atoms with van der Waals surface area (Å²) in [5, 5.41) is 3.56. The minimum Gasteiger partial charge on any atom is -0.378 e. The van der Waals surface area contributed by atoms with E-state index in [1.807, 2.05) is 0 Å². The van der Waals surface area contributed by atoms with Crippen LogP contribution in [0.2, 0.25) is 0 Å². The molecule has 0 aromatic carbocycles. The molecule has 1 saturated carbocycles. The minimum absolute atomic E-state index is 0.585. The van der Waals surface area contributed by atoms with Crippen molar-refractivity contribution in [3.8, 4) is 0 Å². The van der Waals surface area contributed by atoms with Crippen LogP contribution in [0.5, 0.6) is 0 Å². The van der Waals surface area contributed by atoms with Gasteiger partial charge in [-0.25, -0.2) is 0 Å². The summed E-state index contributed by atoms with van der Waals surface area (Å²) in [5.74, 6) is 2.80. The predicted octanol–water partition coefficient (Wildman–Crippen LogP) is 3.61. The molecule has 1 heterocycles. The molecule has 0 radical (unpaired) electrons. The number of rotatable bonds is 6. The third kappa shape index (κ3) is 4.24. The van der Waals surface area contributed by atoms with Crippen molar-refractivity contribution < 1.29 is 4.74 Å². The van der Waals surface area contributed by atoms with Crippen LogP contribution in [0.15, 0.2) is 0 Å². The van der Waals surface area contributed by atoms with Crippen LogP contribution >= 0.6 is 0 Å². The SMILES string of the molecule is CCNCC1CCC(C)CC1CCC1CCCO1. The first-order valence-corrected chi connectivity index (χ1v) is 8.12. The number of hydrogen-bond donors (Lipinski definition) is 1. The Morgan fingerprint density at radius 3 is 2.72 bits per heavy atom. The van der Waals surface area contributed by atoms with Crippen molar-refractivity contribution in [3.05, 3.63) is 0 Å². The fourth-order valence-corrected chi connectivity index (χ4v) is 3.79. The normalized spacial score (nSPS) is 37.0. The van der Waals surface area contributed by atoms with Gasteiger partial charge in [0.25, 0.3) is 0 Å². The zero-order valence-electron chi connectivity index (χ0n) is 12.3. The van der Waals surface area contributed by atoms with Gasteiger partial charge in [-0.05, 0) is 69.4 Å². The van der Waals surface area contributed by atoms with E-state index in [0.717, 1.165) is 30.9 Å². The van der Waals surface area contributed by atoms with Crippen LogP contribution in [0.3, 0.4) is 0 Å². The lowest BCUT2D eigenvalue weighted by Gasteiger charge is -2.35. The summed E-state index contributed by atoms with van der Waals surface area (Å²) in [7, 11) is 0. The molecule has 106 valence electrons. The fourth-order valence-electron chi connectivity index (χ4n) is 3.79. The number of hydrogen-bond acceptors (Lipinski definition) is 2. The Kier molecular flexibility index (Phi) is 5.97. The fraction of sp³-hybridized carbons (Fsp3) is 1.00.